The zero-order chi connectivity index (χ0) is 21.1. The number of rotatable bonds is 4. The molecule has 0 spiro atoms. The molecule has 1 N–H and O–H groups in total. The van der Waals surface area contributed by atoms with Gasteiger partial charge in [-0.1, -0.05) is 18.2 Å². The summed E-state index contributed by atoms with van der Waals surface area (Å²) < 4.78 is 7.35. The lowest BCUT2D eigenvalue weighted by molar-refractivity contribution is 0.208. The van der Waals surface area contributed by atoms with Gasteiger partial charge in [0, 0.05) is 37.6 Å². The van der Waals surface area contributed by atoms with Crippen LogP contribution in [0, 0.1) is 13.8 Å². The van der Waals surface area contributed by atoms with Crippen LogP contribution in [0.4, 0.5) is 16.2 Å². The quantitative estimate of drug-likeness (QED) is 0.716. The van der Waals surface area contributed by atoms with Gasteiger partial charge in [-0.2, -0.15) is 5.10 Å². The molecule has 0 bridgehead atoms. The molecule has 7 nitrogen and oxygen atoms in total. The van der Waals surface area contributed by atoms with Crippen molar-refractivity contribution < 1.29 is 9.53 Å². The van der Waals surface area contributed by atoms with E-state index in [9.17, 15) is 4.79 Å². The summed E-state index contributed by atoms with van der Waals surface area (Å²) in [5.74, 6) is 0.858. The summed E-state index contributed by atoms with van der Waals surface area (Å²) in [5.41, 5.74) is 4.78. The first kappa shape index (κ1) is 19.8. The van der Waals surface area contributed by atoms with E-state index < -0.39 is 0 Å². The molecule has 1 aromatic heterocycles. The minimum Gasteiger partial charge on any atom is -0.495 e. The number of hydrogen-bond acceptors (Lipinski definition) is 4. The summed E-state index contributed by atoms with van der Waals surface area (Å²) in [6.07, 6.45) is 0. The number of hydrogen-bond donors (Lipinski definition) is 1. The molecule has 0 radical (unpaired) electrons. The number of carbonyl (C=O) groups excluding carboxylic acids is 1. The summed E-state index contributed by atoms with van der Waals surface area (Å²) in [6, 6.07) is 17.7. The van der Waals surface area contributed by atoms with Crippen LogP contribution in [0.1, 0.15) is 11.4 Å². The maximum absolute atomic E-state index is 12.8. The molecule has 0 aliphatic carbocycles. The first-order valence-electron chi connectivity index (χ1n) is 10.1. The highest BCUT2D eigenvalue weighted by Crippen LogP contribution is 2.28. The van der Waals surface area contributed by atoms with Gasteiger partial charge in [0.05, 0.1) is 24.2 Å². The number of methoxy groups -OCH3 is 1. The predicted molar refractivity (Wildman–Crippen MR) is 119 cm³/mol. The normalized spacial score (nSPS) is 14.0. The predicted octanol–water partition coefficient (Wildman–Crippen LogP) is 3.85. The van der Waals surface area contributed by atoms with E-state index in [2.05, 4.69) is 21.4 Å². The highest BCUT2D eigenvalue weighted by atomic mass is 16.5. The van der Waals surface area contributed by atoms with Gasteiger partial charge >= 0.3 is 6.03 Å². The number of amides is 2. The summed E-state index contributed by atoms with van der Waals surface area (Å²) in [4.78, 5) is 16.9. The van der Waals surface area contributed by atoms with Gasteiger partial charge < -0.3 is 19.9 Å². The van der Waals surface area contributed by atoms with Gasteiger partial charge in [-0.05, 0) is 50.2 Å². The fraction of sp³-hybridized carbons (Fsp3) is 0.304. The Morgan fingerprint density at radius 3 is 2.47 bits per heavy atom. The molecule has 0 unspecified atom stereocenters. The topological polar surface area (TPSA) is 62.6 Å². The first-order chi connectivity index (χ1) is 14.5. The number of aryl methyl sites for hydroxylation is 2. The van der Waals surface area contributed by atoms with Gasteiger partial charge in [0.2, 0.25) is 0 Å². The number of urea groups is 1. The van der Waals surface area contributed by atoms with E-state index >= 15 is 0 Å². The van der Waals surface area contributed by atoms with Gasteiger partial charge in [0.15, 0.2) is 0 Å². The standard InChI is InChI=1S/C23H27N5O2/c1-17-15-18(2)28(25-17)20-8-6-7-19(16-20)24-23(29)27-13-11-26(12-14-27)21-9-4-5-10-22(21)30-3/h4-10,15-16H,11-14H2,1-3H3,(H,24,29). The molecule has 156 valence electrons. The Hall–Kier alpha value is -3.48. The largest absolute Gasteiger partial charge is 0.495 e. The molecule has 2 amide bonds. The Labute approximate surface area is 176 Å². The van der Waals surface area contributed by atoms with Crippen molar-refractivity contribution in [3.63, 3.8) is 0 Å². The molecule has 3 aromatic rings. The lowest BCUT2D eigenvalue weighted by Gasteiger charge is -2.36. The van der Waals surface area contributed by atoms with Crippen molar-refractivity contribution in [2.45, 2.75) is 13.8 Å². The lowest BCUT2D eigenvalue weighted by atomic mass is 10.2. The number of piperazine rings is 1. The van der Waals surface area contributed by atoms with Crippen molar-refractivity contribution in [3.8, 4) is 11.4 Å². The third-order valence-corrected chi connectivity index (χ3v) is 5.34. The SMILES string of the molecule is COc1ccccc1N1CCN(C(=O)Nc2cccc(-n3nc(C)cc3C)c2)CC1. The van der Waals surface area contributed by atoms with Crippen molar-refractivity contribution in [2.75, 3.05) is 43.5 Å². The molecule has 1 aliphatic rings. The number of para-hydroxylation sites is 2. The second-order valence-corrected chi connectivity index (χ2v) is 7.47. The van der Waals surface area contributed by atoms with Gasteiger partial charge in [0.1, 0.15) is 5.75 Å². The van der Waals surface area contributed by atoms with Gasteiger partial charge in [0.25, 0.3) is 0 Å². The van der Waals surface area contributed by atoms with E-state index in [0.717, 1.165) is 47.3 Å². The fourth-order valence-electron chi connectivity index (χ4n) is 3.85. The Balaban J connectivity index is 1.40. The number of carbonyl (C=O) groups is 1. The second kappa shape index (κ2) is 8.49. The minimum atomic E-state index is -0.0832. The first-order valence-corrected chi connectivity index (χ1v) is 10.1. The van der Waals surface area contributed by atoms with Crippen LogP contribution >= 0.6 is 0 Å². The van der Waals surface area contributed by atoms with E-state index in [-0.39, 0.29) is 6.03 Å². The zero-order valence-electron chi connectivity index (χ0n) is 17.6. The lowest BCUT2D eigenvalue weighted by Crippen LogP contribution is -2.50. The van der Waals surface area contributed by atoms with E-state index in [4.69, 9.17) is 4.74 Å². The Morgan fingerprint density at radius 1 is 1.00 bits per heavy atom. The zero-order valence-corrected chi connectivity index (χ0v) is 17.6. The number of anilines is 2. The molecular weight excluding hydrogens is 378 g/mol. The number of benzene rings is 2. The number of nitrogens with zero attached hydrogens (tertiary/aromatic N) is 4. The molecule has 0 saturated carbocycles. The average molecular weight is 406 g/mol. The number of ether oxygens (including phenoxy) is 1. The van der Waals surface area contributed by atoms with E-state index in [1.165, 1.54) is 0 Å². The van der Waals surface area contributed by atoms with Crippen molar-refractivity contribution >= 4 is 17.4 Å². The molecule has 30 heavy (non-hydrogen) atoms. The summed E-state index contributed by atoms with van der Waals surface area (Å²) in [5, 5.41) is 7.55. The van der Waals surface area contributed by atoms with Crippen LogP contribution in [0.25, 0.3) is 5.69 Å². The Bertz CT molecular complexity index is 1040. The summed E-state index contributed by atoms with van der Waals surface area (Å²) in [7, 11) is 1.68. The highest BCUT2D eigenvalue weighted by Gasteiger charge is 2.23. The Kier molecular flexibility index (Phi) is 5.61. The molecule has 1 fully saturated rings. The van der Waals surface area contributed by atoms with E-state index in [1.807, 2.05) is 72.0 Å². The molecule has 1 saturated heterocycles. The second-order valence-electron chi connectivity index (χ2n) is 7.47. The number of aromatic nitrogens is 2. The van der Waals surface area contributed by atoms with Crippen molar-refractivity contribution in [1.29, 1.82) is 0 Å². The van der Waals surface area contributed by atoms with Crippen molar-refractivity contribution in [1.82, 2.24) is 14.7 Å². The molecule has 7 heteroatoms. The van der Waals surface area contributed by atoms with Crippen LogP contribution in [0.2, 0.25) is 0 Å². The van der Waals surface area contributed by atoms with Crippen LogP contribution in [0.3, 0.4) is 0 Å². The average Bonchev–Trinajstić information content (AvgIpc) is 3.12. The van der Waals surface area contributed by atoms with Crippen molar-refractivity contribution in [2.24, 2.45) is 0 Å². The van der Waals surface area contributed by atoms with Crippen LogP contribution < -0.4 is 15.0 Å². The minimum absolute atomic E-state index is 0.0832. The van der Waals surface area contributed by atoms with Gasteiger partial charge in [-0.3, -0.25) is 0 Å². The molecule has 2 aromatic carbocycles. The maximum atomic E-state index is 12.8. The summed E-state index contributed by atoms with van der Waals surface area (Å²) >= 11 is 0. The Morgan fingerprint density at radius 2 is 1.77 bits per heavy atom. The third-order valence-electron chi connectivity index (χ3n) is 5.34. The molecule has 1 aliphatic heterocycles. The maximum Gasteiger partial charge on any atom is 0.321 e. The molecular formula is C23H27N5O2. The fourth-order valence-corrected chi connectivity index (χ4v) is 3.85. The van der Waals surface area contributed by atoms with Crippen LogP contribution in [0.5, 0.6) is 5.75 Å². The molecule has 4 rings (SSSR count). The number of nitrogens with one attached hydrogen (secondary N) is 1. The molecule has 2 heterocycles. The van der Waals surface area contributed by atoms with E-state index in [1.54, 1.807) is 7.11 Å². The van der Waals surface area contributed by atoms with Crippen LogP contribution in [-0.4, -0.2) is 54.0 Å². The summed E-state index contributed by atoms with van der Waals surface area (Å²) in [6.45, 7) is 6.83. The molecule has 0 atom stereocenters. The smallest absolute Gasteiger partial charge is 0.321 e. The van der Waals surface area contributed by atoms with E-state index in [0.29, 0.717) is 13.1 Å². The van der Waals surface area contributed by atoms with Crippen molar-refractivity contribution in [3.05, 3.63) is 66.0 Å². The van der Waals surface area contributed by atoms with Crippen LogP contribution in [0.15, 0.2) is 54.6 Å². The highest BCUT2D eigenvalue weighted by molar-refractivity contribution is 5.89. The van der Waals surface area contributed by atoms with Gasteiger partial charge in [-0.15, -0.1) is 0 Å². The monoisotopic (exact) mass is 405 g/mol. The van der Waals surface area contributed by atoms with Crippen LogP contribution in [-0.2, 0) is 0 Å². The third kappa shape index (κ3) is 4.10. The van der Waals surface area contributed by atoms with Gasteiger partial charge in [-0.25, -0.2) is 9.48 Å².